The largest absolute Gasteiger partial charge is 0.395 e. The Kier molecular flexibility index (Phi) is 7.96. The summed E-state index contributed by atoms with van der Waals surface area (Å²) < 4.78 is 1.59. The van der Waals surface area contributed by atoms with Crippen molar-refractivity contribution < 1.29 is 15.0 Å². The summed E-state index contributed by atoms with van der Waals surface area (Å²) >= 11 is 5.87. The van der Waals surface area contributed by atoms with Gasteiger partial charge in [0.1, 0.15) is 17.4 Å². The molecule has 188 valence electrons. The van der Waals surface area contributed by atoms with E-state index in [9.17, 15) is 14.7 Å². The molecule has 0 radical (unpaired) electrons. The molecule has 0 fully saturated rings. The average Bonchev–Trinajstić information content (AvgIpc) is 3.24. The van der Waals surface area contributed by atoms with Crippen molar-refractivity contribution in [1.82, 2.24) is 30.2 Å². The quantitative estimate of drug-likeness (QED) is 0.173. The number of aliphatic hydroxyl groups is 2. The minimum absolute atomic E-state index is 0.0141. The maximum atomic E-state index is 12.8. The molecule has 0 aliphatic rings. The number of nitrogens with one attached hydrogen (secondary N) is 3. The number of carbonyl (C=O) groups is 1. The first-order valence-corrected chi connectivity index (χ1v) is 11.6. The van der Waals surface area contributed by atoms with E-state index in [0.717, 1.165) is 5.56 Å². The molecular formula is C24H26ClN7O4. The van der Waals surface area contributed by atoms with Crippen LogP contribution in [0.25, 0.3) is 16.8 Å². The molecule has 11 nitrogen and oxygen atoms in total. The Balaban J connectivity index is 1.54. The molecule has 1 aromatic carbocycles. The number of fused-ring (bicyclic) bond motifs is 1. The highest BCUT2D eigenvalue weighted by Gasteiger charge is 2.18. The average molecular weight is 512 g/mol. The van der Waals surface area contributed by atoms with Crippen LogP contribution >= 0.6 is 11.6 Å². The standard InChI is InChI=1S/C24H26ClN7O4/c25-17-3-1-14(2-4-17)20(34)5-6-28-23(35)18-9-15(12-29-24(18)36)19-10-16(11-27-7-8-33)21-22(26)30-13-31-32(19)21/h1-4,9-10,12-13,20,27,33-34H,5-8,11H2,(H,28,35)(H,29,36)(H2,26,30,31)/t20-/m0/s1. The fourth-order valence-electron chi connectivity index (χ4n) is 3.86. The first-order chi connectivity index (χ1) is 17.4. The van der Waals surface area contributed by atoms with Crippen molar-refractivity contribution in [2.75, 3.05) is 25.4 Å². The third-order valence-corrected chi connectivity index (χ3v) is 5.92. The lowest BCUT2D eigenvalue weighted by molar-refractivity contribution is 0.0941. The molecule has 3 heterocycles. The Hall–Kier alpha value is -3.77. The van der Waals surface area contributed by atoms with Crippen molar-refractivity contribution in [3.63, 3.8) is 0 Å². The fraction of sp³-hybridized carbons (Fsp3) is 0.250. The second kappa shape index (κ2) is 11.3. The van der Waals surface area contributed by atoms with Crippen LogP contribution in [-0.4, -0.2) is 55.4 Å². The lowest BCUT2D eigenvalue weighted by Crippen LogP contribution is -2.30. The number of benzene rings is 1. The van der Waals surface area contributed by atoms with E-state index in [-0.39, 0.29) is 31.0 Å². The molecule has 1 amide bonds. The number of anilines is 1. The Morgan fingerprint density at radius 2 is 2.00 bits per heavy atom. The summed E-state index contributed by atoms with van der Waals surface area (Å²) in [5.41, 5.74) is 8.67. The van der Waals surface area contributed by atoms with Gasteiger partial charge in [0.05, 0.1) is 18.4 Å². The topological polar surface area (TPSA) is 171 Å². The number of nitrogens with two attached hydrogens (primary N) is 1. The number of carbonyl (C=O) groups excluding carboxylic acids is 1. The van der Waals surface area contributed by atoms with Gasteiger partial charge in [0, 0.05) is 36.4 Å². The minimum atomic E-state index is -0.790. The lowest BCUT2D eigenvalue weighted by atomic mass is 10.1. The third kappa shape index (κ3) is 5.55. The van der Waals surface area contributed by atoms with Crippen LogP contribution in [0.5, 0.6) is 0 Å². The molecule has 36 heavy (non-hydrogen) atoms. The highest BCUT2D eigenvalue weighted by atomic mass is 35.5. The van der Waals surface area contributed by atoms with E-state index in [1.165, 1.54) is 18.6 Å². The number of aromatic amines is 1. The molecule has 0 aliphatic heterocycles. The fourth-order valence-corrected chi connectivity index (χ4v) is 3.98. The molecule has 1 atom stereocenters. The zero-order valence-electron chi connectivity index (χ0n) is 19.2. The van der Waals surface area contributed by atoms with Gasteiger partial charge in [-0.1, -0.05) is 23.7 Å². The molecule has 4 rings (SSSR count). The number of rotatable bonds is 10. The van der Waals surface area contributed by atoms with Gasteiger partial charge in [-0.3, -0.25) is 9.59 Å². The summed E-state index contributed by atoms with van der Waals surface area (Å²) in [6.45, 7) is 0.953. The molecule has 12 heteroatoms. The number of H-pyrrole nitrogens is 1. The number of amides is 1. The molecule has 4 aromatic rings. The van der Waals surface area contributed by atoms with Crippen molar-refractivity contribution in [3.8, 4) is 11.3 Å². The molecule has 0 spiro atoms. The number of aromatic nitrogens is 4. The van der Waals surface area contributed by atoms with Crippen molar-refractivity contribution in [3.05, 3.63) is 81.0 Å². The van der Waals surface area contributed by atoms with E-state index >= 15 is 0 Å². The molecule has 7 N–H and O–H groups in total. The zero-order valence-corrected chi connectivity index (χ0v) is 20.0. The summed E-state index contributed by atoms with van der Waals surface area (Å²) in [4.78, 5) is 31.9. The zero-order chi connectivity index (χ0) is 25.7. The number of halogens is 1. The highest BCUT2D eigenvalue weighted by Crippen LogP contribution is 2.27. The predicted octanol–water partition coefficient (Wildman–Crippen LogP) is 1.26. The maximum Gasteiger partial charge on any atom is 0.260 e. The van der Waals surface area contributed by atoms with Crippen LogP contribution in [0.1, 0.15) is 34.0 Å². The summed E-state index contributed by atoms with van der Waals surface area (Å²) in [5.74, 6) is -0.292. The Bertz CT molecular complexity index is 1420. The SMILES string of the molecule is Nc1ncnn2c(-c3c[nH]c(=O)c(C(=O)NCC[C@H](O)c4ccc(Cl)cc4)c3)cc(CNCCO)c12. The number of hydrogen-bond donors (Lipinski definition) is 6. The van der Waals surface area contributed by atoms with Crippen molar-refractivity contribution >= 4 is 28.8 Å². The van der Waals surface area contributed by atoms with Gasteiger partial charge >= 0.3 is 0 Å². The van der Waals surface area contributed by atoms with E-state index in [2.05, 4.69) is 25.7 Å². The molecular weight excluding hydrogens is 486 g/mol. The van der Waals surface area contributed by atoms with Crippen LogP contribution in [0.3, 0.4) is 0 Å². The molecule has 0 aliphatic carbocycles. The summed E-state index contributed by atoms with van der Waals surface area (Å²) in [6.07, 6.45) is 2.29. The van der Waals surface area contributed by atoms with Crippen LogP contribution in [0.4, 0.5) is 5.82 Å². The van der Waals surface area contributed by atoms with Crippen LogP contribution in [0.15, 0.2) is 53.7 Å². The van der Waals surface area contributed by atoms with Gasteiger partial charge in [-0.2, -0.15) is 5.10 Å². The maximum absolute atomic E-state index is 12.8. The molecule has 0 saturated carbocycles. The molecule has 3 aromatic heterocycles. The first-order valence-electron chi connectivity index (χ1n) is 11.3. The Morgan fingerprint density at radius 1 is 1.22 bits per heavy atom. The molecule has 0 saturated heterocycles. The number of hydrogen-bond acceptors (Lipinski definition) is 8. The van der Waals surface area contributed by atoms with Crippen LogP contribution in [0, 0.1) is 0 Å². The lowest BCUT2D eigenvalue weighted by Gasteiger charge is -2.12. The molecule has 0 bridgehead atoms. The van der Waals surface area contributed by atoms with Gasteiger partial charge in [-0.25, -0.2) is 9.50 Å². The highest BCUT2D eigenvalue weighted by molar-refractivity contribution is 6.30. The van der Waals surface area contributed by atoms with E-state index in [1.807, 2.05) is 6.07 Å². The van der Waals surface area contributed by atoms with Crippen molar-refractivity contribution in [1.29, 1.82) is 0 Å². The van der Waals surface area contributed by atoms with Gasteiger partial charge in [0.15, 0.2) is 5.82 Å². The van der Waals surface area contributed by atoms with Crippen molar-refractivity contribution in [2.45, 2.75) is 19.1 Å². The van der Waals surface area contributed by atoms with Crippen LogP contribution in [-0.2, 0) is 6.54 Å². The van der Waals surface area contributed by atoms with Gasteiger partial charge in [0.25, 0.3) is 11.5 Å². The number of nitrogen functional groups attached to an aromatic ring is 1. The van der Waals surface area contributed by atoms with E-state index in [0.29, 0.717) is 40.4 Å². The van der Waals surface area contributed by atoms with Crippen LogP contribution in [0.2, 0.25) is 5.02 Å². The Labute approximate surface area is 211 Å². The van der Waals surface area contributed by atoms with Crippen molar-refractivity contribution in [2.24, 2.45) is 0 Å². The summed E-state index contributed by atoms with van der Waals surface area (Å²) in [7, 11) is 0. The third-order valence-electron chi connectivity index (χ3n) is 5.67. The van der Waals surface area contributed by atoms with Gasteiger partial charge < -0.3 is 31.6 Å². The monoisotopic (exact) mass is 511 g/mol. The Morgan fingerprint density at radius 3 is 2.75 bits per heavy atom. The number of aliphatic hydroxyl groups excluding tert-OH is 2. The summed E-state index contributed by atoms with van der Waals surface area (Å²) in [5, 5.41) is 30.0. The van der Waals surface area contributed by atoms with Gasteiger partial charge in [-0.05, 0) is 41.8 Å². The number of nitrogens with zero attached hydrogens (tertiary/aromatic N) is 3. The van der Waals surface area contributed by atoms with E-state index in [1.54, 1.807) is 28.8 Å². The normalized spacial score (nSPS) is 12.1. The van der Waals surface area contributed by atoms with E-state index in [4.69, 9.17) is 22.4 Å². The van der Waals surface area contributed by atoms with Gasteiger partial charge in [-0.15, -0.1) is 0 Å². The number of pyridine rings is 1. The van der Waals surface area contributed by atoms with E-state index < -0.39 is 17.6 Å². The minimum Gasteiger partial charge on any atom is -0.395 e. The second-order valence-corrected chi connectivity index (χ2v) is 8.54. The van der Waals surface area contributed by atoms with Crippen LogP contribution < -0.4 is 21.9 Å². The molecule has 0 unspecified atom stereocenters. The summed E-state index contributed by atoms with van der Waals surface area (Å²) in [6, 6.07) is 10.1. The predicted molar refractivity (Wildman–Crippen MR) is 136 cm³/mol. The second-order valence-electron chi connectivity index (χ2n) is 8.10. The van der Waals surface area contributed by atoms with Gasteiger partial charge in [0.2, 0.25) is 0 Å². The smallest absolute Gasteiger partial charge is 0.260 e. The first kappa shape index (κ1) is 25.3.